The second-order valence-electron chi connectivity index (χ2n) is 3.64. The molecule has 0 aromatic heterocycles. The number of sulfone groups is 1. The number of benzene rings is 2. The molecule has 0 heterocycles. The van der Waals surface area contributed by atoms with Crippen molar-refractivity contribution in [2.75, 3.05) is 11.5 Å². The highest BCUT2D eigenvalue weighted by Crippen LogP contribution is 2.22. The van der Waals surface area contributed by atoms with Crippen molar-refractivity contribution < 1.29 is 8.42 Å². The lowest BCUT2D eigenvalue weighted by Crippen LogP contribution is -2.02. The standard InChI is InChI=1S/C12H12N2O2S.2H3N/c13-9-1-5-11(6-2-9)17(15,16)12-7-3-10(14)4-8-12;;/h1-8H,13-14H2;2*1H3. The van der Waals surface area contributed by atoms with E-state index in [0.29, 0.717) is 11.4 Å². The van der Waals surface area contributed by atoms with Gasteiger partial charge in [0.05, 0.1) is 9.79 Å². The van der Waals surface area contributed by atoms with Crippen LogP contribution in [0.5, 0.6) is 0 Å². The molecule has 0 bridgehead atoms. The first-order valence-electron chi connectivity index (χ1n) is 4.96. The Balaban J connectivity index is 0.00000162. The van der Waals surface area contributed by atoms with Crippen LogP contribution in [0.25, 0.3) is 0 Å². The normalized spacial score (nSPS) is 10.1. The number of nitrogens with two attached hydrogens (primary N) is 2. The molecule has 10 N–H and O–H groups in total. The van der Waals surface area contributed by atoms with Crippen molar-refractivity contribution in [3.63, 3.8) is 0 Å². The lowest BCUT2D eigenvalue weighted by molar-refractivity contribution is 0.596. The van der Waals surface area contributed by atoms with Gasteiger partial charge in [-0.1, -0.05) is 0 Å². The lowest BCUT2D eigenvalue weighted by Gasteiger charge is -2.05. The molecule has 0 fully saturated rings. The SMILES string of the molecule is N.N.Nc1ccc(S(=O)(=O)c2ccc(N)cc2)cc1. The van der Waals surface area contributed by atoms with E-state index in [2.05, 4.69) is 0 Å². The zero-order chi connectivity index (χ0) is 12.5. The van der Waals surface area contributed by atoms with Crippen LogP contribution in [0.3, 0.4) is 0 Å². The minimum Gasteiger partial charge on any atom is -0.399 e. The van der Waals surface area contributed by atoms with Crippen LogP contribution >= 0.6 is 0 Å². The molecule has 2 aromatic rings. The molecule has 0 aliphatic heterocycles. The van der Waals surface area contributed by atoms with Crippen molar-refractivity contribution in [3.8, 4) is 0 Å². The first-order valence-corrected chi connectivity index (χ1v) is 6.44. The number of anilines is 2. The maximum Gasteiger partial charge on any atom is 0.206 e. The monoisotopic (exact) mass is 282 g/mol. The molecule has 2 rings (SSSR count). The van der Waals surface area contributed by atoms with Crippen LogP contribution in [-0.2, 0) is 9.84 Å². The summed E-state index contributed by atoms with van der Waals surface area (Å²) in [6.45, 7) is 0. The molecule has 19 heavy (non-hydrogen) atoms. The molecule has 0 radical (unpaired) electrons. The van der Waals surface area contributed by atoms with Crippen LogP contribution in [-0.4, -0.2) is 8.42 Å². The number of hydrogen-bond donors (Lipinski definition) is 4. The molecule has 0 aliphatic carbocycles. The minimum absolute atomic E-state index is 0. The maximum atomic E-state index is 12.2. The molecule has 104 valence electrons. The zero-order valence-electron chi connectivity index (χ0n) is 10.4. The van der Waals surface area contributed by atoms with Gasteiger partial charge in [-0.15, -0.1) is 0 Å². The summed E-state index contributed by atoms with van der Waals surface area (Å²) >= 11 is 0. The third kappa shape index (κ3) is 3.44. The number of rotatable bonds is 2. The average molecular weight is 282 g/mol. The third-order valence-electron chi connectivity index (χ3n) is 2.38. The molecule has 6 nitrogen and oxygen atoms in total. The molecule has 0 amide bonds. The highest BCUT2D eigenvalue weighted by molar-refractivity contribution is 7.91. The molecular weight excluding hydrogens is 264 g/mol. The first kappa shape index (κ1) is 16.9. The Morgan fingerprint density at radius 2 is 0.895 bits per heavy atom. The molecule has 0 unspecified atom stereocenters. The van der Waals surface area contributed by atoms with Gasteiger partial charge < -0.3 is 23.8 Å². The van der Waals surface area contributed by atoms with Crippen molar-refractivity contribution in [1.82, 2.24) is 12.3 Å². The Morgan fingerprint density at radius 3 is 1.16 bits per heavy atom. The first-order chi connectivity index (χ1) is 8.00. The summed E-state index contributed by atoms with van der Waals surface area (Å²) in [7, 11) is -3.48. The summed E-state index contributed by atoms with van der Waals surface area (Å²) in [6.07, 6.45) is 0. The smallest absolute Gasteiger partial charge is 0.206 e. The largest absolute Gasteiger partial charge is 0.399 e. The summed E-state index contributed by atoms with van der Waals surface area (Å²) < 4.78 is 24.3. The van der Waals surface area contributed by atoms with Gasteiger partial charge in [-0.2, -0.15) is 0 Å². The fourth-order valence-corrected chi connectivity index (χ4v) is 2.69. The van der Waals surface area contributed by atoms with Crippen LogP contribution in [0.4, 0.5) is 11.4 Å². The van der Waals surface area contributed by atoms with Gasteiger partial charge in [0.1, 0.15) is 0 Å². The highest BCUT2D eigenvalue weighted by Gasteiger charge is 2.16. The fraction of sp³-hybridized carbons (Fsp3) is 0. The van der Waals surface area contributed by atoms with Gasteiger partial charge in [-0.25, -0.2) is 8.42 Å². The summed E-state index contributed by atoms with van der Waals surface area (Å²) in [5, 5.41) is 0. The summed E-state index contributed by atoms with van der Waals surface area (Å²) in [4.78, 5) is 0.438. The molecule has 2 aromatic carbocycles. The minimum atomic E-state index is -3.48. The van der Waals surface area contributed by atoms with Crippen LogP contribution in [0.1, 0.15) is 0 Å². The Morgan fingerprint density at radius 1 is 0.632 bits per heavy atom. The summed E-state index contributed by atoms with van der Waals surface area (Å²) in [6, 6.07) is 12.2. The molecule has 0 aliphatic rings. The van der Waals surface area contributed by atoms with Crippen LogP contribution in [0.15, 0.2) is 58.3 Å². The van der Waals surface area contributed by atoms with Gasteiger partial charge in [0, 0.05) is 11.4 Å². The predicted molar refractivity (Wildman–Crippen MR) is 77.2 cm³/mol. The van der Waals surface area contributed by atoms with Crippen molar-refractivity contribution in [2.45, 2.75) is 9.79 Å². The average Bonchev–Trinajstić information content (AvgIpc) is 2.30. The quantitative estimate of drug-likeness (QED) is 0.617. The molecule has 0 saturated carbocycles. The molecule has 0 atom stereocenters. The second-order valence-corrected chi connectivity index (χ2v) is 5.59. The van der Waals surface area contributed by atoms with Crippen LogP contribution < -0.4 is 23.8 Å². The Bertz CT molecular complexity index is 570. The Labute approximate surface area is 112 Å². The van der Waals surface area contributed by atoms with Gasteiger partial charge >= 0.3 is 0 Å². The van der Waals surface area contributed by atoms with Gasteiger partial charge in [-0.05, 0) is 48.5 Å². The van der Waals surface area contributed by atoms with Crippen molar-refractivity contribution in [1.29, 1.82) is 0 Å². The number of nitrogen functional groups attached to an aromatic ring is 2. The molecule has 7 heteroatoms. The van der Waals surface area contributed by atoms with E-state index in [9.17, 15) is 8.42 Å². The Hall–Kier alpha value is -2.09. The summed E-state index contributed by atoms with van der Waals surface area (Å²) in [5.41, 5.74) is 12.1. The van der Waals surface area contributed by atoms with E-state index in [0.717, 1.165) is 0 Å². The molecule has 0 spiro atoms. The van der Waals surface area contributed by atoms with E-state index in [-0.39, 0.29) is 22.1 Å². The van der Waals surface area contributed by atoms with E-state index in [4.69, 9.17) is 11.5 Å². The lowest BCUT2D eigenvalue weighted by atomic mass is 10.3. The number of hydrogen-bond acceptors (Lipinski definition) is 6. The van der Waals surface area contributed by atoms with Crippen molar-refractivity contribution in [3.05, 3.63) is 48.5 Å². The topological polar surface area (TPSA) is 156 Å². The maximum absolute atomic E-state index is 12.2. The van der Waals surface area contributed by atoms with Crippen molar-refractivity contribution in [2.24, 2.45) is 0 Å². The van der Waals surface area contributed by atoms with Crippen molar-refractivity contribution >= 4 is 21.2 Å². The van der Waals surface area contributed by atoms with E-state index in [1.807, 2.05) is 0 Å². The fourth-order valence-electron chi connectivity index (χ4n) is 1.43. The van der Waals surface area contributed by atoms with E-state index < -0.39 is 9.84 Å². The third-order valence-corrected chi connectivity index (χ3v) is 4.17. The second kappa shape index (κ2) is 6.19. The summed E-state index contributed by atoms with van der Waals surface area (Å²) in [5.74, 6) is 0. The van der Waals surface area contributed by atoms with Crippen LogP contribution in [0.2, 0.25) is 0 Å². The Kier molecular flexibility index (Phi) is 5.51. The molecular formula is C12H18N4O2S. The van der Waals surface area contributed by atoms with Gasteiger partial charge in [0.15, 0.2) is 0 Å². The van der Waals surface area contributed by atoms with E-state index in [1.165, 1.54) is 24.3 Å². The van der Waals surface area contributed by atoms with E-state index in [1.54, 1.807) is 24.3 Å². The van der Waals surface area contributed by atoms with Gasteiger partial charge in [0.2, 0.25) is 9.84 Å². The zero-order valence-corrected chi connectivity index (χ0v) is 11.2. The van der Waals surface area contributed by atoms with Gasteiger partial charge in [0.25, 0.3) is 0 Å². The van der Waals surface area contributed by atoms with Gasteiger partial charge in [-0.3, -0.25) is 0 Å². The molecule has 0 saturated heterocycles. The highest BCUT2D eigenvalue weighted by atomic mass is 32.2. The van der Waals surface area contributed by atoms with E-state index >= 15 is 0 Å². The van der Waals surface area contributed by atoms with Crippen LogP contribution in [0, 0.1) is 0 Å². The predicted octanol–water partition coefficient (Wildman–Crippen LogP) is 2.01.